The minimum Gasteiger partial charge on any atom is -0.345 e. The fourth-order valence-corrected chi connectivity index (χ4v) is 3.23. The molecule has 3 rings (SSSR count). The first-order valence-electron chi connectivity index (χ1n) is 8.42. The summed E-state index contributed by atoms with van der Waals surface area (Å²) in [6, 6.07) is 13.3. The van der Waals surface area contributed by atoms with Gasteiger partial charge in [-0.2, -0.15) is 0 Å². The van der Waals surface area contributed by atoms with E-state index in [-0.39, 0.29) is 23.8 Å². The first-order chi connectivity index (χ1) is 12.0. The van der Waals surface area contributed by atoms with Crippen LogP contribution in [0.1, 0.15) is 47.3 Å². The van der Waals surface area contributed by atoms with E-state index in [1.807, 2.05) is 56.3 Å². The maximum Gasteiger partial charge on any atom is 0.252 e. The zero-order valence-electron chi connectivity index (χ0n) is 14.3. The van der Waals surface area contributed by atoms with Gasteiger partial charge in [-0.05, 0) is 78.6 Å². The minimum absolute atomic E-state index is 0.0771. The van der Waals surface area contributed by atoms with Crippen LogP contribution in [0.4, 0.5) is 5.69 Å². The second-order valence-electron chi connectivity index (χ2n) is 6.52. The first kappa shape index (κ1) is 17.9. The molecule has 2 aromatic rings. The Hall–Kier alpha value is -1.89. The second kappa shape index (κ2) is 7.56. The Morgan fingerprint density at radius 3 is 2.44 bits per heavy atom. The van der Waals surface area contributed by atoms with E-state index in [0.29, 0.717) is 5.56 Å². The summed E-state index contributed by atoms with van der Waals surface area (Å²) in [6.45, 7) is 3.95. The molecular weight excluding hydrogens is 427 g/mol. The first-order valence-corrected chi connectivity index (χ1v) is 9.50. The predicted molar refractivity (Wildman–Crippen MR) is 108 cm³/mol. The molecule has 25 heavy (non-hydrogen) atoms. The molecule has 0 heterocycles. The third kappa shape index (κ3) is 4.39. The topological polar surface area (TPSA) is 58.2 Å². The Kier molecular flexibility index (Phi) is 5.42. The van der Waals surface area contributed by atoms with Crippen LogP contribution in [-0.2, 0) is 4.79 Å². The summed E-state index contributed by atoms with van der Waals surface area (Å²) in [5.74, 6) is 0.213. The van der Waals surface area contributed by atoms with Crippen molar-refractivity contribution in [1.82, 2.24) is 5.32 Å². The number of nitrogens with one attached hydrogen (secondary N) is 2. The number of hydrogen-bond donors (Lipinski definition) is 2. The Bertz CT molecular complexity index is 798. The monoisotopic (exact) mass is 448 g/mol. The molecule has 1 aliphatic rings. The standard InChI is InChI=1S/C20H21IN2O2/c1-12-4-3-5-17(18(12)21)20(25)22-13(2)14-8-10-16(11-9-14)23-19(24)15-6-7-15/h3-5,8-11,13,15H,6-7H2,1-2H3,(H,22,25)(H,23,24). The van der Waals surface area contributed by atoms with Crippen molar-refractivity contribution in [2.75, 3.05) is 5.32 Å². The zero-order valence-corrected chi connectivity index (χ0v) is 16.5. The van der Waals surface area contributed by atoms with Crippen molar-refractivity contribution in [3.05, 3.63) is 62.7 Å². The van der Waals surface area contributed by atoms with Crippen molar-refractivity contribution >= 4 is 40.1 Å². The van der Waals surface area contributed by atoms with Crippen LogP contribution in [0, 0.1) is 16.4 Å². The van der Waals surface area contributed by atoms with Crippen LogP contribution < -0.4 is 10.6 Å². The molecule has 1 saturated carbocycles. The molecule has 0 aliphatic heterocycles. The SMILES string of the molecule is Cc1cccc(C(=O)NC(C)c2ccc(NC(=O)C3CC3)cc2)c1I. The summed E-state index contributed by atoms with van der Waals surface area (Å²) < 4.78 is 0.975. The molecule has 4 nitrogen and oxygen atoms in total. The van der Waals surface area contributed by atoms with Gasteiger partial charge in [-0.3, -0.25) is 9.59 Å². The van der Waals surface area contributed by atoms with E-state index in [9.17, 15) is 9.59 Å². The molecule has 5 heteroatoms. The van der Waals surface area contributed by atoms with E-state index >= 15 is 0 Å². The van der Waals surface area contributed by atoms with E-state index in [0.717, 1.165) is 33.2 Å². The van der Waals surface area contributed by atoms with Gasteiger partial charge in [0, 0.05) is 15.2 Å². The van der Waals surface area contributed by atoms with Gasteiger partial charge in [0.2, 0.25) is 5.91 Å². The largest absolute Gasteiger partial charge is 0.345 e. The predicted octanol–water partition coefficient (Wildman–Crippen LogP) is 4.44. The summed E-state index contributed by atoms with van der Waals surface area (Å²) in [4.78, 5) is 24.3. The quantitative estimate of drug-likeness (QED) is 0.665. The molecular formula is C20H21IN2O2. The van der Waals surface area contributed by atoms with Crippen LogP contribution in [0.3, 0.4) is 0 Å². The number of carbonyl (C=O) groups is 2. The molecule has 0 aromatic heterocycles. The molecule has 2 N–H and O–H groups in total. The van der Waals surface area contributed by atoms with Gasteiger partial charge in [0.05, 0.1) is 11.6 Å². The van der Waals surface area contributed by atoms with Gasteiger partial charge in [0.1, 0.15) is 0 Å². The fraction of sp³-hybridized carbons (Fsp3) is 0.300. The van der Waals surface area contributed by atoms with Crippen molar-refractivity contribution in [2.45, 2.75) is 32.7 Å². The van der Waals surface area contributed by atoms with Crippen LogP contribution in [0.25, 0.3) is 0 Å². The zero-order chi connectivity index (χ0) is 18.0. The van der Waals surface area contributed by atoms with E-state index in [2.05, 4.69) is 33.2 Å². The number of benzene rings is 2. The van der Waals surface area contributed by atoms with Crippen molar-refractivity contribution in [3.63, 3.8) is 0 Å². The van der Waals surface area contributed by atoms with Crippen LogP contribution in [0.5, 0.6) is 0 Å². The second-order valence-corrected chi connectivity index (χ2v) is 7.60. The van der Waals surface area contributed by atoms with E-state index < -0.39 is 0 Å². The smallest absolute Gasteiger partial charge is 0.252 e. The molecule has 1 fully saturated rings. The van der Waals surface area contributed by atoms with Gasteiger partial charge in [-0.15, -0.1) is 0 Å². The summed E-state index contributed by atoms with van der Waals surface area (Å²) in [7, 11) is 0. The molecule has 1 atom stereocenters. The lowest BCUT2D eigenvalue weighted by atomic mass is 10.1. The molecule has 130 valence electrons. The van der Waals surface area contributed by atoms with Gasteiger partial charge in [0.25, 0.3) is 5.91 Å². The van der Waals surface area contributed by atoms with Crippen molar-refractivity contribution < 1.29 is 9.59 Å². The minimum atomic E-state index is -0.114. The Labute approximate surface area is 161 Å². The number of hydrogen-bond acceptors (Lipinski definition) is 2. The lowest BCUT2D eigenvalue weighted by Gasteiger charge is -2.16. The lowest BCUT2D eigenvalue weighted by Crippen LogP contribution is -2.27. The highest BCUT2D eigenvalue weighted by Crippen LogP contribution is 2.30. The number of aryl methyl sites for hydroxylation is 1. The van der Waals surface area contributed by atoms with Crippen LogP contribution >= 0.6 is 22.6 Å². The molecule has 0 bridgehead atoms. The number of carbonyl (C=O) groups excluding carboxylic acids is 2. The molecule has 0 radical (unpaired) electrons. The molecule has 0 spiro atoms. The summed E-state index contributed by atoms with van der Waals surface area (Å²) in [5.41, 5.74) is 3.59. The molecule has 0 saturated heterocycles. The van der Waals surface area contributed by atoms with Gasteiger partial charge >= 0.3 is 0 Å². The number of halogens is 1. The molecule has 1 aliphatic carbocycles. The van der Waals surface area contributed by atoms with E-state index in [1.165, 1.54) is 0 Å². The maximum atomic E-state index is 12.5. The highest BCUT2D eigenvalue weighted by atomic mass is 127. The summed E-state index contributed by atoms with van der Waals surface area (Å²) >= 11 is 2.21. The third-order valence-electron chi connectivity index (χ3n) is 4.41. The summed E-state index contributed by atoms with van der Waals surface area (Å²) in [5, 5.41) is 5.96. The lowest BCUT2D eigenvalue weighted by molar-refractivity contribution is -0.117. The van der Waals surface area contributed by atoms with Crippen LogP contribution in [0.15, 0.2) is 42.5 Å². The summed E-state index contributed by atoms with van der Waals surface area (Å²) in [6.07, 6.45) is 1.98. The third-order valence-corrected chi connectivity index (χ3v) is 5.84. The number of rotatable bonds is 5. The highest BCUT2D eigenvalue weighted by Gasteiger charge is 2.29. The normalized spacial score (nSPS) is 14.7. The average Bonchev–Trinajstić information content (AvgIpc) is 3.43. The molecule has 2 aromatic carbocycles. The molecule has 1 unspecified atom stereocenters. The Morgan fingerprint density at radius 1 is 1.12 bits per heavy atom. The van der Waals surface area contributed by atoms with Gasteiger partial charge < -0.3 is 10.6 Å². The Morgan fingerprint density at radius 2 is 1.80 bits per heavy atom. The Balaban J connectivity index is 1.64. The molecule has 2 amide bonds. The van der Waals surface area contributed by atoms with Crippen molar-refractivity contribution in [3.8, 4) is 0 Å². The van der Waals surface area contributed by atoms with Crippen LogP contribution in [0.2, 0.25) is 0 Å². The number of anilines is 1. The fourth-order valence-electron chi connectivity index (χ4n) is 2.63. The number of amides is 2. The van der Waals surface area contributed by atoms with E-state index in [4.69, 9.17) is 0 Å². The average molecular weight is 448 g/mol. The van der Waals surface area contributed by atoms with Gasteiger partial charge in [-0.1, -0.05) is 24.3 Å². The van der Waals surface area contributed by atoms with Crippen LogP contribution in [-0.4, -0.2) is 11.8 Å². The highest BCUT2D eigenvalue weighted by molar-refractivity contribution is 14.1. The van der Waals surface area contributed by atoms with Gasteiger partial charge in [-0.25, -0.2) is 0 Å². The van der Waals surface area contributed by atoms with Crippen molar-refractivity contribution in [1.29, 1.82) is 0 Å². The van der Waals surface area contributed by atoms with Crippen molar-refractivity contribution in [2.24, 2.45) is 5.92 Å². The van der Waals surface area contributed by atoms with Gasteiger partial charge in [0.15, 0.2) is 0 Å². The van der Waals surface area contributed by atoms with E-state index in [1.54, 1.807) is 0 Å². The maximum absolute atomic E-state index is 12.5.